The van der Waals surface area contributed by atoms with E-state index in [2.05, 4.69) is 18.7 Å². The van der Waals surface area contributed by atoms with Crippen molar-refractivity contribution in [1.29, 1.82) is 0 Å². The van der Waals surface area contributed by atoms with Gasteiger partial charge in [0.15, 0.2) is 0 Å². The van der Waals surface area contributed by atoms with Crippen LogP contribution >= 0.6 is 0 Å². The zero-order valence-electron chi connectivity index (χ0n) is 13.8. The van der Waals surface area contributed by atoms with E-state index in [4.69, 9.17) is 4.74 Å². The van der Waals surface area contributed by atoms with Crippen molar-refractivity contribution in [3.8, 4) is 5.75 Å². The number of para-hydroxylation sites is 1. The lowest BCUT2D eigenvalue weighted by molar-refractivity contribution is 0.0206. The molecular formula is C18H29NO2. The molecule has 1 saturated heterocycles. The quantitative estimate of drug-likeness (QED) is 0.903. The van der Waals surface area contributed by atoms with E-state index < -0.39 is 6.10 Å². The van der Waals surface area contributed by atoms with Crippen LogP contribution in [0.4, 0.5) is 0 Å². The van der Waals surface area contributed by atoms with Gasteiger partial charge in [0.1, 0.15) is 18.5 Å². The predicted molar refractivity (Wildman–Crippen MR) is 86.9 cm³/mol. The van der Waals surface area contributed by atoms with Crippen molar-refractivity contribution in [1.82, 2.24) is 4.90 Å². The molecule has 0 amide bonds. The summed E-state index contributed by atoms with van der Waals surface area (Å²) in [4.78, 5) is 2.42. The monoisotopic (exact) mass is 291 g/mol. The number of hydrogen-bond acceptors (Lipinski definition) is 3. The summed E-state index contributed by atoms with van der Waals surface area (Å²) < 4.78 is 5.86. The number of aryl methyl sites for hydroxylation is 2. The normalized spacial score (nSPS) is 24.8. The molecule has 1 aromatic rings. The Labute approximate surface area is 128 Å². The van der Waals surface area contributed by atoms with Gasteiger partial charge in [0.05, 0.1) is 0 Å². The minimum Gasteiger partial charge on any atom is -0.490 e. The molecule has 1 aliphatic rings. The van der Waals surface area contributed by atoms with Gasteiger partial charge in [-0.05, 0) is 51.7 Å². The number of likely N-dealkylation sites (tertiary alicyclic amines) is 1. The molecule has 0 saturated carbocycles. The van der Waals surface area contributed by atoms with E-state index in [1.807, 2.05) is 32.0 Å². The fourth-order valence-electron chi connectivity index (χ4n) is 3.34. The molecule has 3 atom stereocenters. The minimum atomic E-state index is -0.438. The molecule has 0 radical (unpaired) electrons. The average molecular weight is 291 g/mol. The van der Waals surface area contributed by atoms with E-state index in [1.54, 1.807) is 0 Å². The number of rotatable bonds is 5. The second-order valence-electron chi connectivity index (χ2n) is 6.51. The Balaban J connectivity index is 1.88. The molecule has 21 heavy (non-hydrogen) atoms. The van der Waals surface area contributed by atoms with E-state index >= 15 is 0 Å². The highest BCUT2D eigenvalue weighted by atomic mass is 16.5. The lowest BCUT2D eigenvalue weighted by Gasteiger charge is -2.40. The van der Waals surface area contributed by atoms with Crippen LogP contribution in [0.15, 0.2) is 18.2 Å². The second kappa shape index (κ2) is 7.28. The van der Waals surface area contributed by atoms with Crippen molar-refractivity contribution >= 4 is 0 Å². The van der Waals surface area contributed by atoms with Crippen molar-refractivity contribution in [2.75, 3.05) is 13.2 Å². The van der Waals surface area contributed by atoms with Crippen LogP contribution in [0.3, 0.4) is 0 Å². The van der Waals surface area contributed by atoms with Gasteiger partial charge in [-0.1, -0.05) is 24.6 Å². The van der Waals surface area contributed by atoms with Crippen molar-refractivity contribution in [3.63, 3.8) is 0 Å². The van der Waals surface area contributed by atoms with Gasteiger partial charge in [-0.15, -0.1) is 0 Å². The van der Waals surface area contributed by atoms with Crippen molar-refractivity contribution in [2.24, 2.45) is 0 Å². The zero-order valence-corrected chi connectivity index (χ0v) is 13.8. The van der Waals surface area contributed by atoms with Gasteiger partial charge in [0, 0.05) is 18.6 Å². The molecule has 3 nitrogen and oxygen atoms in total. The van der Waals surface area contributed by atoms with Gasteiger partial charge in [-0.3, -0.25) is 4.90 Å². The molecule has 0 unspecified atom stereocenters. The first-order valence-electron chi connectivity index (χ1n) is 8.12. The number of benzene rings is 1. The summed E-state index contributed by atoms with van der Waals surface area (Å²) in [7, 11) is 0. The number of aliphatic hydroxyl groups excluding tert-OH is 1. The number of β-amino-alcohol motifs (C(OH)–C–C–N with tert-alkyl or cyclic N) is 1. The van der Waals surface area contributed by atoms with Crippen LogP contribution in [0.25, 0.3) is 0 Å². The minimum absolute atomic E-state index is 0.363. The van der Waals surface area contributed by atoms with Crippen molar-refractivity contribution in [2.45, 2.75) is 65.1 Å². The smallest absolute Gasteiger partial charge is 0.125 e. The largest absolute Gasteiger partial charge is 0.490 e. The number of ether oxygens (including phenoxy) is 1. The average Bonchev–Trinajstić information content (AvgIpc) is 2.42. The molecule has 1 fully saturated rings. The van der Waals surface area contributed by atoms with Gasteiger partial charge >= 0.3 is 0 Å². The van der Waals surface area contributed by atoms with E-state index in [-0.39, 0.29) is 0 Å². The Morgan fingerprint density at radius 3 is 2.33 bits per heavy atom. The number of aliphatic hydroxyl groups is 1. The lowest BCUT2D eigenvalue weighted by Crippen LogP contribution is -2.48. The first-order chi connectivity index (χ1) is 9.99. The SMILES string of the molecule is Cc1cccc(C)c1OC[C@@H](O)CN1[C@@H](C)CCC[C@@H]1C. The molecule has 0 aliphatic carbocycles. The molecule has 0 aromatic heterocycles. The van der Waals surface area contributed by atoms with Gasteiger partial charge in [-0.25, -0.2) is 0 Å². The maximum atomic E-state index is 10.3. The van der Waals surface area contributed by atoms with Crippen LogP contribution in [-0.2, 0) is 0 Å². The Morgan fingerprint density at radius 2 is 1.76 bits per heavy atom. The third-order valence-electron chi connectivity index (χ3n) is 4.63. The molecular weight excluding hydrogens is 262 g/mol. The topological polar surface area (TPSA) is 32.7 Å². The van der Waals surface area contributed by atoms with Gasteiger partial charge in [0.2, 0.25) is 0 Å². The number of hydrogen-bond donors (Lipinski definition) is 1. The Hall–Kier alpha value is -1.06. The molecule has 1 N–H and O–H groups in total. The maximum Gasteiger partial charge on any atom is 0.125 e. The van der Waals surface area contributed by atoms with Gasteiger partial charge in [0.25, 0.3) is 0 Å². The first-order valence-corrected chi connectivity index (χ1v) is 8.12. The molecule has 118 valence electrons. The Morgan fingerprint density at radius 1 is 1.19 bits per heavy atom. The summed E-state index contributed by atoms with van der Waals surface area (Å²) in [5.74, 6) is 0.913. The molecule has 1 aromatic carbocycles. The zero-order chi connectivity index (χ0) is 15.4. The fourth-order valence-corrected chi connectivity index (χ4v) is 3.34. The maximum absolute atomic E-state index is 10.3. The Kier molecular flexibility index (Phi) is 5.65. The predicted octanol–water partition coefficient (Wildman–Crippen LogP) is 3.31. The van der Waals surface area contributed by atoms with E-state index in [1.165, 1.54) is 19.3 Å². The standard InChI is InChI=1S/C18H29NO2/c1-13-7-5-8-14(2)18(13)21-12-17(20)11-19-15(3)9-6-10-16(19)4/h5,7-8,15-17,20H,6,9-12H2,1-4H3/t15-,16-,17-/m0/s1. The van der Waals surface area contributed by atoms with Crippen molar-refractivity contribution < 1.29 is 9.84 Å². The first kappa shape index (κ1) is 16.3. The number of nitrogens with zero attached hydrogens (tertiary/aromatic N) is 1. The molecule has 0 bridgehead atoms. The van der Waals surface area contributed by atoms with Crippen molar-refractivity contribution in [3.05, 3.63) is 29.3 Å². The van der Waals surface area contributed by atoms with Crippen LogP contribution in [0.1, 0.15) is 44.2 Å². The summed E-state index contributed by atoms with van der Waals surface area (Å²) in [5.41, 5.74) is 2.25. The van der Waals surface area contributed by atoms with Gasteiger partial charge < -0.3 is 9.84 Å². The van der Waals surface area contributed by atoms with Crippen LogP contribution < -0.4 is 4.74 Å². The number of piperidine rings is 1. The van der Waals surface area contributed by atoms with Crippen LogP contribution in [-0.4, -0.2) is 41.3 Å². The van der Waals surface area contributed by atoms with Crippen LogP contribution in [0, 0.1) is 13.8 Å². The van der Waals surface area contributed by atoms with E-state index in [9.17, 15) is 5.11 Å². The second-order valence-corrected chi connectivity index (χ2v) is 6.51. The molecule has 2 rings (SSSR count). The summed E-state index contributed by atoms with van der Waals surface area (Å²) in [6, 6.07) is 7.24. The highest BCUT2D eigenvalue weighted by Gasteiger charge is 2.26. The highest BCUT2D eigenvalue weighted by molar-refractivity contribution is 5.39. The Bertz CT molecular complexity index is 430. The van der Waals surface area contributed by atoms with Gasteiger partial charge in [-0.2, -0.15) is 0 Å². The van der Waals surface area contributed by atoms with Crippen LogP contribution in [0.2, 0.25) is 0 Å². The summed E-state index contributed by atoms with van der Waals surface area (Å²) in [6.07, 6.45) is 3.32. The van der Waals surface area contributed by atoms with E-state index in [0.717, 1.165) is 16.9 Å². The molecule has 3 heteroatoms. The fraction of sp³-hybridized carbons (Fsp3) is 0.667. The van der Waals surface area contributed by atoms with E-state index in [0.29, 0.717) is 25.2 Å². The lowest BCUT2D eigenvalue weighted by atomic mass is 9.97. The summed E-state index contributed by atoms with van der Waals surface area (Å²) in [6.45, 7) is 9.67. The third kappa shape index (κ3) is 4.21. The summed E-state index contributed by atoms with van der Waals surface area (Å²) in [5, 5.41) is 10.3. The molecule has 0 spiro atoms. The van der Waals surface area contributed by atoms with Crippen LogP contribution in [0.5, 0.6) is 5.75 Å². The highest BCUT2D eigenvalue weighted by Crippen LogP contribution is 2.24. The third-order valence-corrected chi connectivity index (χ3v) is 4.63. The molecule has 1 aliphatic heterocycles. The molecule has 1 heterocycles. The summed E-state index contributed by atoms with van der Waals surface area (Å²) >= 11 is 0.